The van der Waals surface area contributed by atoms with Crippen molar-refractivity contribution in [1.82, 2.24) is 0 Å². The summed E-state index contributed by atoms with van der Waals surface area (Å²) in [5.74, 6) is 0. The monoisotopic (exact) mass is 2170 g/mol. The minimum absolute atomic E-state index is 0. The van der Waals surface area contributed by atoms with Crippen LogP contribution in [-0.4, -0.2) is 37.0 Å². The van der Waals surface area contributed by atoms with Gasteiger partial charge in [-0.3, -0.25) is 0 Å². The van der Waals surface area contributed by atoms with Gasteiger partial charge in [-0.1, -0.05) is 441 Å². The molecule has 0 radical (unpaired) electrons. The molecule has 0 aliphatic rings. The largest absolute Gasteiger partial charge is 2.00 e. The zero-order chi connectivity index (χ0) is 87.3. The van der Waals surface area contributed by atoms with Crippen molar-refractivity contribution >= 4 is 161 Å². The Morgan fingerprint density at radius 3 is 0.452 bits per heavy atom. The van der Waals surface area contributed by atoms with E-state index in [1.165, 1.54) is 70.8 Å². The molecule has 0 aliphatic carbocycles. The third-order valence-electron chi connectivity index (χ3n) is 16.5. The van der Waals surface area contributed by atoms with E-state index in [-0.39, 0.29) is 40.8 Å². The van der Waals surface area contributed by atoms with Crippen molar-refractivity contribution in [3.63, 3.8) is 0 Å². The van der Waals surface area contributed by atoms with Gasteiger partial charge in [-0.15, -0.1) is 0 Å². The van der Waals surface area contributed by atoms with Crippen LogP contribution >= 0.6 is 76.9 Å². The van der Waals surface area contributed by atoms with Gasteiger partial charge in [0.25, 0.3) is 0 Å². The van der Waals surface area contributed by atoms with Gasteiger partial charge in [0.05, 0.1) is 23.3 Å². The van der Waals surface area contributed by atoms with Crippen molar-refractivity contribution in [3.8, 4) is 23.3 Å². The molecule has 0 bridgehead atoms. The minimum atomic E-state index is -6.09. The van der Waals surface area contributed by atoms with Crippen molar-refractivity contribution in [3.05, 3.63) is 491 Å². The van der Waals surface area contributed by atoms with Crippen LogP contribution in [0.2, 0.25) is 0 Å². The Labute approximate surface area is 782 Å². The predicted molar refractivity (Wildman–Crippen MR) is 509 cm³/mol. The molecule has 0 saturated heterocycles. The molecule has 0 atom stereocenters. The van der Waals surface area contributed by atoms with Gasteiger partial charge in [0.2, 0.25) is 0 Å². The molecule has 0 heterocycles. The van der Waals surface area contributed by atoms with E-state index in [1.807, 2.05) is 72.8 Å². The van der Waals surface area contributed by atoms with Crippen LogP contribution < -0.4 is 63.7 Å². The number of halogens is 8. The van der Waals surface area contributed by atoms with E-state index >= 15 is 0 Å². The molecule has 0 saturated carbocycles. The molecule has 16 rings (SSSR count). The molecule has 16 aromatic carbocycles. The van der Waals surface area contributed by atoms with Crippen LogP contribution in [-0.2, 0) is 61.1 Å². The Hall–Kier alpha value is -9.60. The Morgan fingerprint density at radius 1 is 0.242 bits per heavy atom. The molecular formula is C100H76F6I2N2O6P4Pd2S2. The Kier molecular flexibility index (Phi) is 46.3. The fourth-order valence-corrected chi connectivity index (χ4v) is 20.9. The van der Waals surface area contributed by atoms with Gasteiger partial charge < -0.3 is 9.11 Å². The first kappa shape index (κ1) is 103. The average molecular weight is 2170 g/mol. The Morgan fingerprint density at radius 2 is 0.363 bits per heavy atom. The second-order valence-electron chi connectivity index (χ2n) is 25.0. The van der Waals surface area contributed by atoms with Crippen LogP contribution in [0.4, 0.5) is 26.3 Å². The van der Waals surface area contributed by atoms with Crippen molar-refractivity contribution in [2.24, 2.45) is 0 Å². The number of nitriles is 2. The number of hydrogen-bond acceptors (Lipinski definition) is 8. The van der Waals surface area contributed by atoms with Crippen molar-refractivity contribution in [1.29, 1.82) is 10.5 Å². The summed E-state index contributed by atoms with van der Waals surface area (Å²) < 4.78 is 120. The van der Waals surface area contributed by atoms with E-state index in [4.69, 9.17) is 36.5 Å². The summed E-state index contributed by atoms with van der Waals surface area (Å²) in [5.41, 5.74) is -7.90. The summed E-state index contributed by atoms with van der Waals surface area (Å²) in [4.78, 5) is 0. The SMILES string of the molecule is Ic1cc[c-]cc1.Ic1cc[c-]cc1.N#Cc1ccc(-c2ccc(C#N)cc2)cc1.O=S(=O)([O-])C(F)(F)F.O=S(=O)([O-])C(F)(F)F.[Pd+2].[Pd+2].c1ccc(P(c2ccccc2)c2ccccc2)cc1.c1ccc(P(c2ccccc2)c2ccccc2)cc1.c1ccc(P(c2ccccc2)c2ccccc2)cc1.c1ccc(P(c2ccccc2)c2ccccc2)cc1. The molecule has 16 aromatic rings. The topological polar surface area (TPSA) is 162 Å². The third-order valence-corrected chi connectivity index (χ3v) is 28.8. The minimum Gasteiger partial charge on any atom is -0.741 e. The summed E-state index contributed by atoms with van der Waals surface area (Å²) in [7, 11) is -14.0. The molecule has 0 aromatic heterocycles. The van der Waals surface area contributed by atoms with E-state index in [9.17, 15) is 26.3 Å². The van der Waals surface area contributed by atoms with Gasteiger partial charge in [0.1, 0.15) is 0 Å². The van der Waals surface area contributed by atoms with E-state index in [1.54, 1.807) is 24.3 Å². The number of rotatable bonds is 13. The molecular weight excluding hydrogens is 2090 g/mol. The first-order valence-electron chi connectivity index (χ1n) is 37.0. The molecule has 0 spiro atoms. The quantitative estimate of drug-likeness (QED) is 0.0210. The fraction of sp³-hybridized carbons (Fsp3) is 0.0200. The number of hydrogen-bond donors (Lipinski definition) is 0. The van der Waals surface area contributed by atoms with Gasteiger partial charge in [0.15, 0.2) is 20.2 Å². The van der Waals surface area contributed by atoms with Gasteiger partial charge in [-0.2, -0.15) is 97.5 Å². The summed E-state index contributed by atoms with van der Waals surface area (Å²) in [6, 6.07) is 170. The normalized spacial score (nSPS) is 10.5. The summed E-state index contributed by atoms with van der Waals surface area (Å²) in [5, 5.41) is 34.1. The van der Waals surface area contributed by atoms with Crippen LogP contribution in [0.25, 0.3) is 11.1 Å². The van der Waals surface area contributed by atoms with Crippen molar-refractivity contribution in [2.75, 3.05) is 0 Å². The predicted octanol–water partition coefficient (Wildman–Crippen LogP) is 21.2. The van der Waals surface area contributed by atoms with Crippen molar-refractivity contribution < 1.29 is 93.1 Å². The van der Waals surface area contributed by atoms with Gasteiger partial charge in [-0.05, 0) is 131 Å². The summed E-state index contributed by atoms with van der Waals surface area (Å²) in [6.45, 7) is 0. The van der Waals surface area contributed by atoms with Crippen LogP contribution in [0, 0.1) is 41.9 Å². The fourth-order valence-electron chi connectivity index (χ4n) is 10.9. The molecule has 630 valence electrons. The van der Waals surface area contributed by atoms with Gasteiger partial charge >= 0.3 is 51.9 Å². The molecule has 0 fully saturated rings. The Balaban J connectivity index is 0.000000221. The van der Waals surface area contributed by atoms with E-state index < -0.39 is 62.9 Å². The zero-order valence-electron chi connectivity index (χ0n) is 65.5. The number of alkyl halides is 6. The maximum Gasteiger partial charge on any atom is 2.00 e. The Bertz CT molecular complexity index is 4960. The molecule has 0 N–H and O–H groups in total. The molecule has 24 heteroatoms. The molecule has 8 nitrogen and oxygen atoms in total. The average Bonchev–Trinajstić information content (AvgIpc) is 0.829. The van der Waals surface area contributed by atoms with Crippen molar-refractivity contribution in [2.45, 2.75) is 11.0 Å². The molecule has 124 heavy (non-hydrogen) atoms. The third kappa shape index (κ3) is 36.2. The molecule has 0 amide bonds. The van der Waals surface area contributed by atoms with Crippen LogP contribution in [0.15, 0.2) is 461 Å². The first-order chi connectivity index (χ1) is 58.9. The van der Waals surface area contributed by atoms with Gasteiger partial charge in [-0.25, -0.2) is 16.8 Å². The second-order valence-corrected chi connectivity index (χ2v) is 39.1. The zero-order valence-corrected chi connectivity index (χ0v) is 78.1. The number of benzene rings is 16. The maximum atomic E-state index is 10.7. The smallest absolute Gasteiger partial charge is 0.741 e. The standard InChI is InChI=1S/4C18H15P.C14H8N2.2C6H4I.2CHF3O3S.2Pd/c4*1-4-10-16(11-5-1)19(17-12-6-2-7-13-17)18-14-8-3-9-15-18;15-9-11-1-5-13(6-2-11)14-7-3-12(10-16)4-8-14;2*7-6-4-2-1-3-5-6;2*2-1(3,4)8(5,6)7;;/h4*1-15H;1-8H;2*2-5H;2*(H,5,6,7);;/q;;;;;2*-1;;;2*+2/p-2. The molecule has 0 aliphatic heterocycles. The molecule has 0 unspecified atom stereocenters. The van der Waals surface area contributed by atoms with Crippen LogP contribution in [0.5, 0.6) is 0 Å². The second kappa shape index (κ2) is 55.7. The number of nitrogens with zero attached hydrogens (tertiary/aromatic N) is 2. The van der Waals surface area contributed by atoms with Gasteiger partial charge in [0, 0.05) is 0 Å². The summed E-state index contributed by atoms with van der Waals surface area (Å²) in [6.07, 6.45) is 0. The van der Waals surface area contributed by atoms with E-state index in [2.05, 4.69) is 433 Å². The van der Waals surface area contributed by atoms with Crippen LogP contribution in [0.3, 0.4) is 0 Å². The van der Waals surface area contributed by atoms with E-state index in [0.717, 1.165) is 11.1 Å². The summed E-state index contributed by atoms with van der Waals surface area (Å²) >= 11 is 4.52. The first-order valence-corrected chi connectivity index (χ1v) is 47.4. The maximum absolute atomic E-state index is 10.7. The van der Waals surface area contributed by atoms with E-state index in [0.29, 0.717) is 11.1 Å². The van der Waals surface area contributed by atoms with Crippen LogP contribution in [0.1, 0.15) is 11.1 Å².